The van der Waals surface area contributed by atoms with Crippen LogP contribution < -0.4 is 0 Å². The Hall–Kier alpha value is -1.40. The van der Waals surface area contributed by atoms with E-state index in [2.05, 4.69) is 6.58 Å². The normalized spacial score (nSPS) is 11.3. The van der Waals surface area contributed by atoms with Gasteiger partial charge in [-0.25, -0.2) is 0 Å². The first-order valence-electron chi connectivity index (χ1n) is 6.06. The van der Waals surface area contributed by atoms with Gasteiger partial charge in [-0.1, -0.05) is 49.1 Å². The molecular weight excluding hydrogens is 297 g/mol. The summed E-state index contributed by atoms with van der Waals surface area (Å²) < 4.78 is 32.8. The van der Waals surface area contributed by atoms with Crippen LogP contribution in [0.2, 0.25) is 0 Å². The Labute approximate surface area is 139 Å². The lowest BCUT2D eigenvalue weighted by molar-refractivity contribution is 0.484. The van der Waals surface area contributed by atoms with Gasteiger partial charge in [-0.05, 0) is 33.9 Å². The molecule has 1 N–H and O–H groups in total. The van der Waals surface area contributed by atoms with E-state index in [1.807, 2.05) is 36.4 Å². The summed E-state index contributed by atoms with van der Waals surface area (Å²) in [6, 6.07) is 14.8. The topological polar surface area (TPSA) is 54.4 Å². The lowest BCUT2D eigenvalue weighted by Gasteiger charge is -2.09. The van der Waals surface area contributed by atoms with Crippen LogP contribution in [0.5, 0.6) is 0 Å². The lowest BCUT2D eigenvalue weighted by Crippen LogP contribution is -2.02. The van der Waals surface area contributed by atoms with E-state index < -0.39 is 10.1 Å². The monoisotopic (exact) mass is 308 g/mol. The summed E-state index contributed by atoms with van der Waals surface area (Å²) in [7, 11) is -4.31. The quantitative estimate of drug-likeness (QED) is 0.448. The molecule has 0 heterocycles. The van der Waals surface area contributed by atoms with Gasteiger partial charge in [-0.3, -0.25) is 4.55 Å². The average Bonchev–Trinajstić information content (AvgIpc) is 2.42. The van der Waals surface area contributed by atoms with Gasteiger partial charge in [0.05, 0.1) is 0 Å². The summed E-state index contributed by atoms with van der Waals surface area (Å²) >= 11 is 0. The summed E-state index contributed by atoms with van der Waals surface area (Å²) in [6.07, 6.45) is 1.43. The van der Waals surface area contributed by atoms with Gasteiger partial charge in [0.2, 0.25) is 0 Å². The van der Waals surface area contributed by atoms with Crippen molar-refractivity contribution in [1.82, 2.24) is 0 Å². The van der Waals surface area contributed by atoms with Gasteiger partial charge in [0.25, 0.3) is 10.1 Å². The number of hydrogen-bond donors (Lipinski definition) is 1. The third-order valence-electron chi connectivity index (χ3n) is 3.34. The maximum absolute atomic E-state index is 11.7. The highest BCUT2D eigenvalue weighted by Gasteiger charge is 2.18. The Morgan fingerprint density at radius 3 is 2.14 bits per heavy atom. The molecule has 3 nitrogen and oxygen atoms in total. The highest BCUT2D eigenvalue weighted by Crippen LogP contribution is 2.31. The molecule has 0 aliphatic heterocycles. The minimum Gasteiger partial charge on any atom is -0.282 e. The van der Waals surface area contributed by atoms with Crippen LogP contribution in [0.1, 0.15) is 5.56 Å². The van der Waals surface area contributed by atoms with Crippen LogP contribution in [-0.2, 0) is 10.1 Å². The Morgan fingerprint density at radius 2 is 1.57 bits per heavy atom. The fourth-order valence-corrected chi connectivity index (χ4v) is 3.36. The van der Waals surface area contributed by atoms with E-state index in [-0.39, 0.29) is 27.9 Å². The van der Waals surface area contributed by atoms with Crippen LogP contribution in [0.25, 0.3) is 27.6 Å². The predicted molar refractivity (Wildman–Crippen MR) is 87.1 cm³/mol. The van der Waals surface area contributed by atoms with Crippen molar-refractivity contribution in [3.8, 4) is 0 Å². The van der Waals surface area contributed by atoms with E-state index >= 15 is 0 Å². The molecule has 3 rings (SSSR count). The molecule has 21 heavy (non-hydrogen) atoms. The van der Waals surface area contributed by atoms with Crippen LogP contribution in [0.4, 0.5) is 0 Å². The van der Waals surface area contributed by atoms with Crippen molar-refractivity contribution in [3.63, 3.8) is 0 Å². The van der Waals surface area contributed by atoms with E-state index in [0.29, 0.717) is 10.9 Å². The van der Waals surface area contributed by atoms with E-state index in [1.165, 1.54) is 6.08 Å². The highest BCUT2D eigenvalue weighted by atomic mass is 32.2. The number of benzene rings is 3. The van der Waals surface area contributed by atoms with Crippen molar-refractivity contribution < 1.29 is 13.0 Å². The second kappa shape index (κ2) is 5.77. The molecule has 0 saturated carbocycles. The van der Waals surface area contributed by atoms with Gasteiger partial charge in [-0.15, -0.1) is 0 Å². The second-order valence-electron chi connectivity index (χ2n) is 4.58. The smallest absolute Gasteiger partial charge is 0.282 e. The van der Waals surface area contributed by atoms with Crippen LogP contribution in [0.3, 0.4) is 0 Å². The third kappa shape index (κ3) is 2.82. The zero-order chi connectivity index (χ0) is 14.3. The molecule has 0 amide bonds. The molecule has 0 atom stereocenters. The standard InChI is InChI=1S/C16H12O3S.Mg/c1-2-11-7-8-14-9-12-5-3-4-6-13(12)10-15(14)16(11)20(17,18)19;/h2-10H,1H2,(H,17,18,19);. The summed E-state index contributed by atoms with van der Waals surface area (Å²) in [6.45, 7) is 3.60. The molecule has 0 fully saturated rings. The van der Waals surface area contributed by atoms with Crippen molar-refractivity contribution in [2.45, 2.75) is 4.90 Å². The molecule has 5 heteroatoms. The fourth-order valence-electron chi connectivity index (χ4n) is 2.45. The first-order chi connectivity index (χ1) is 9.50. The Kier molecular flexibility index (Phi) is 4.39. The van der Waals surface area contributed by atoms with Gasteiger partial charge in [0.1, 0.15) is 4.90 Å². The summed E-state index contributed by atoms with van der Waals surface area (Å²) in [5.41, 5.74) is 0.398. The van der Waals surface area contributed by atoms with Crippen LogP contribution in [0, 0.1) is 0 Å². The molecule has 3 aromatic carbocycles. The van der Waals surface area contributed by atoms with Gasteiger partial charge in [-0.2, -0.15) is 8.42 Å². The molecule has 0 aliphatic rings. The van der Waals surface area contributed by atoms with Gasteiger partial charge in [0, 0.05) is 28.4 Å². The molecule has 0 bridgehead atoms. The first kappa shape index (κ1) is 16.0. The van der Waals surface area contributed by atoms with E-state index in [4.69, 9.17) is 0 Å². The average molecular weight is 309 g/mol. The van der Waals surface area contributed by atoms with Crippen molar-refractivity contribution in [2.75, 3.05) is 0 Å². The molecule has 0 spiro atoms. The van der Waals surface area contributed by atoms with Crippen molar-refractivity contribution in [2.24, 2.45) is 0 Å². The molecule has 0 saturated heterocycles. The maximum atomic E-state index is 11.7. The number of hydrogen-bond acceptors (Lipinski definition) is 2. The Bertz CT molecular complexity index is 946. The van der Waals surface area contributed by atoms with Gasteiger partial charge >= 0.3 is 0 Å². The van der Waals surface area contributed by atoms with E-state index in [9.17, 15) is 13.0 Å². The minimum absolute atomic E-state index is 0. The molecule has 3 aromatic rings. The van der Waals surface area contributed by atoms with E-state index in [0.717, 1.165) is 16.2 Å². The molecule has 0 aliphatic carbocycles. The Balaban J connectivity index is 0.00000161. The largest absolute Gasteiger partial charge is 0.295 e. The lowest BCUT2D eigenvalue weighted by atomic mass is 10.0. The Morgan fingerprint density at radius 1 is 0.952 bits per heavy atom. The predicted octanol–water partition coefficient (Wildman–Crippen LogP) is 3.50. The zero-order valence-corrected chi connectivity index (χ0v) is 13.5. The second-order valence-corrected chi connectivity index (χ2v) is 5.94. The van der Waals surface area contributed by atoms with Crippen LogP contribution in [-0.4, -0.2) is 36.0 Å². The highest BCUT2D eigenvalue weighted by molar-refractivity contribution is 7.86. The summed E-state index contributed by atoms with van der Waals surface area (Å²) in [5, 5.41) is 3.21. The number of fused-ring (bicyclic) bond motifs is 2. The zero-order valence-electron chi connectivity index (χ0n) is 11.3. The third-order valence-corrected chi connectivity index (χ3v) is 4.32. The maximum Gasteiger partial charge on any atom is 0.295 e. The van der Waals surface area contributed by atoms with Crippen molar-refractivity contribution in [1.29, 1.82) is 0 Å². The SMILES string of the molecule is C=Cc1ccc2cc3ccccc3cc2c1S(=O)(=O)O.[Mg]. The van der Waals surface area contributed by atoms with Crippen LogP contribution in [0.15, 0.2) is 60.0 Å². The van der Waals surface area contributed by atoms with Gasteiger partial charge in [0.15, 0.2) is 0 Å². The molecule has 0 unspecified atom stereocenters. The molecule has 2 radical (unpaired) electrons. The van der Waals surface area contributed by atoms with Crippen molar-refractivity contribution in [3.05, 3.63) is 60.7 Å². The summed E-state index contributed by atoms with van der Waals surface area (Å²) in [4.78, 5) is -0.0873. The fraction of sp³-hybridized carbons (Fsp3) is 0. The first-order valence-corrected chi connectivity index (χ1v) is 7.50. The van der Waals surface area contributed by atoms with Gasteiger partial charge < -0.3 is 0 Å². The number of rotatable bonds is 2. The van der Waals surface area contributed by atoms with E-state index in [1.54, 1.807) is 12.1 Å². The molecule has 102 valence electrons. The molecule has 0 aromatic heterocycles. The van der Waals surface area contributed by atoms with Crippen LogP contribution >= 0.6 is 0 Å². The minimum atomic E-state index is -4.31. The van der Waals surface area contributed by atoms with Crippen molar-refractivity contribution >= 4 is 60.8 Å². The summed E-state index contributed by atoms with van der Waals surface area (Å²) in [5.74, 6) is 0. The molecular formula is C16H12MgO3S.